The first kappa shape index (κ1) is 20.8. The predicted molar refractivity (Wildman–Crippen MR) is 94.6 cm³/mol. The first-order chi connectivity index (χ1) is 14.1. The second-order valence-corrected chi connectivity index (χ2v) is 8.46. The van der Waals surface area contributed by atoms with Crippen LogP contribution >= 0.6 is 15.9 Å². The van der Waals surface area contributed by atoms with Gasteiger partial charge in [-0.15, -0.1) is 0 Å². The number of Topliss-reactive ketones (excluding diaryl/α,β-unsaturated/α-hetero) is 1. The lowest BCUT2D eigenvalue weighted by atomic mass is 9.80. The Hall–Kier alpha value is -2.43. The molecule has 1 heterocycles. The van der Waals surface area contributed by atoms with E-state index in [4.69, 9.17) is 9.47 Å². The highest BCUT2D eigenvalue weighted by Gasteiger charge is 2.68. The van der Waals surface area contributed by atoms with Crippen molar-refractivity contribution in [3.8, 4) is 5.75 Å². The van der Waals surface area contributed by atoms with Gasteiger partial charge in [-0.2, -0.15) is 13.2 Å². The van der Waals surface area contributed by atoms with Gasteiger partial charge in [-0.1, -0.05) is 15.9 Å². The molecule has 0 unspecified atom stereocenters. The molecule has 1 aromatic carbocycles. The van der Waals surface area contributed by atoms with Gasteiger partial charge in [0.2, 0.25) is 0 Å². The van der Waals surface area contributed by atoms with Crippen molar-refractivity contribution in [1.29, 1.82) is 0 Å². The Labute approximate surface area is 176 Å². The quantitative estimate of drug-likeness (QED) is 0.270. The largest absolute Gasteiger partial charge is 0.491 e. The van der Waals surface area contributed by atoms with E-state index in [1.807, 2.05) is 0 Å². The average molecular weight is 491 g/mol. The van der Waals surface area contributed by atoms with Gasteiger partial charge in [0.25, 0.3) is 0 Å². The van der Waals surface area contributed by atoms with Crippen LogP contribution in [-0.2, 0) is 23.9 Å². The molecule has 160 valence electrons. The second kappa shape index (κ2) is 7.36. The molecule has 4 rings (SSSR count). The van der Waals surface area contributed by atoms with Crippen LogP contribution in [0, 0.1) is 23.7 Å². The third-order valence-corrected chi connectivity index (χ3v) is 6.96. The van der Waals surface area contributed by atoms with E-state index in [0.29, 0.717) is 6.42 Å². The number of benzene rings is 1. The summed E-state index contributed by atoms with van der Waals surface area (Å²) >= 11 is 3.48. The zero-order chi connectivity index (χ0) is 21.8. The SMILES string of the molecule is O=C(COC(=O)[C@@H]1[C@H]2C[C@H]3[C@H](OC(=O)[C@H]31)[C@H]2Br)c1ccc(OC(=O)C(F)(F)F)cc1. The van der Waals surface area contributed by atoms with E-state index in [-0.39, 0.29) is 34.1 Å². The van der Waals surface area contributed by atoms with E-state index in [1.54, 1.807) is 0 Å². The van der Waals surface area contributed by atoms with Gasteiger partial charge in [-0.3, -0.25) is 14.4 Å². The maximum atomic E-state index is 12.6. The van der Waals surface area contributed by atoms with Gasteiger partial charge in [-0.25, -0.2) is 4.79 Å². The summed E-state index contributed by atoms with van der Waals surface area (Å²) in [5.74, 6) is -5.81. The summed E-state index contributed by atoms with van der Waals surface area (Å²) in [6.45, 7) is -0.591. The average Bonchev–Trinajstić information content (AvgIpc) is 3.30. The van der Waals surface area contributed by atoms with Gasteiger partial charge in [0.05, 0.1) is 16.7 Å². The molecule has 1 saturated heterocycles. The number of rotatable bonds is 5. The molecule has 2 saturated carbocycles. The molecule has 6 atom stereocenters. The minimum atomic E-state index is -5.14. The van der Waals surface area contributed by atoms with Crippen molar-refractivity contribution >= 4 is 39.6 Å². The number of carbonyl (C=O) groups is 4. The summed E-state index contributed by atoms with van der Waals surface area (Å²) in [5, 5.41) is 0. The van der Waals surface area contributed by atoms with E-state index >= 15 is 0 Å². The van der Waals surface area contributed by atoms with E-state index in [1.165, 1.54) is 0 Å². The summed E-state index contributed by atoms with van der Waals surface area (Å²) in [7, 11) is 0. The van der Waals surface area contributed by atoms with Gasteiger partial charge in [0.15, 0.2) is 12.4 Å². The van der Waals surface area contributed by atoms with Gasteiger partial charge in [0, 0.05) is 11.5 Å². The first-order valence-corrected chi connectivity index (χ1v) is 9.93. The van der Waals surface area contributed by atoms with Gasteiger partial charge in [0.1, 0.15) is 11.9 Å². The predicted octanol–water partition coefficient (Wildman–Crippen LogP) is 2.45. The maximum absolute atomic E-state index is 12.6. The molecule has 7 nitrogen and oxygen atoms in total. The molecule has 1 aliphatic heterocycles. The fraction of sp³-hybridized carbons (Fsp3) is 0.474. The summed E-state index contributed by atoms with van der Waals surface area (Å²) in [6.07, 6.45) is -4.70. The first-order valence-electron chi connectivity index (χ1n) is 9.01. The highest BCUT2D eigenvalue weighted by molar-refractivity contribution is 9.09. The lowest BCUT2D eigenvalue weighted by Crippen LogP contribution is -2.39. The molecule has 3 fully saturated rings. The number of esters is 3. The highest BCUT2D eigenvalue weighted by Crippen LogP contribution is 2.60. The van der Waals surface area contributed by atoms with Crippen LogP contribution < -0.4 is 4.74 Å². The third-order valence-electron chi connectivity index (χ3n) is 5.76. The van der Waals surface area contributed by atoms with Crippen LogP contribution in [-0.4, -0.2) is 47.4 Å². The minimum Gasteiger partial charge on any atom is -0.461 e. The Kier molecular flexibility index (Phi) is 5.11. The molecule has 0 aromatic heterocycles. The number of alkyl halides is 4. The van der Waals surface area contributed by atoms with Crippen molar-refractivity contribution in [1.82, 2.24) is 0 Å². The fourth-order valence-electron chi connectivity index (χ4n) is 4.48. The molecule has 2 bridgehead atoms. The Bertz CT molecular complexity index is 914. The zero-order valence-corrected chi connectivity index (χ0v) is 16.6. The smallest absolute Gasteiger partial charge is 0.461 e. The molecule has 0 amide bonds. The molecule has 30 heavy (non-hydrogen) atoms. The Balaban J connectivity index is 1.34. The number of ether oxygens (including phenoxy) is 3. The van der Waals surface area contributed by atoms with Crippen LogP contribution in [0.3, 0.4) is 0 Å². The molecular weight excluding hydrogens is 477 g/mol. The van der Waals surface area contributed by atoms with Crippen molar-refractivity contribution in [3.63, 3.8) is 0 Å². The van der Waals surface area contributed by atoms with E-state index in [2.05, 4.69) is 20.7 Å². The van der Waals surface area contributed by atoms with E-state index in [0.717, 1.165) is 24.3 Å². The normalized spacial score (nSPS) is 31.4. The van der Waals surface area contributed by atoms with Crippen molar-refractivity contribution in [2.75, 3.05) is 6.61 Å². The standard InChI is InChI=1S/C19H14BrF3O7/c20-14-9-5-10-13(17(26)30-15(10)14)12(9)16(25)28-6-11(24)7-1-3-8(4-2-7)29-18(27)19(21,22)23/h1-4,9-10,12-15H,5-6H2/t9-,10-,12-,13-,14+,15+/m1/s1. The topological polar surface area (TPSA) is 96.0 Å². The lowest BCUT2D eigenvalue weighted by Gasteiger charge is -2.26. The molecule has 0 radical (unpaired) electrons. The molecule has 0 N–H and O–H groups in total. The molecule has 2 aliphatic carbocycles. The van der Waals surface area contributed by atoms with Crippen LogP contribution in [0.2, 0.25) is 0 Å². The van der Waals surface area contributed by atoms with Gasteiger partial charge in [-0.05, 0) is 36.6 Å². The molecular formula is C19H14BrF3O7. The molecule has 3 aliphatic rings. The van der Waals surface area contributed by atoms with Gasteiger partial charge >= 0.3 is 24.1 Å². The summed E-state index contributed by atoms with van der Waals surface area (Å²) in [5.41, 5.74) is 0.0567. The Morgan fingerprint density at radius 1 is 1.13 bits per heavy atom. The number of hydrogen-bond donors (Lipinski definition) is 0. The maximum Gasteiger partial charge on any atom is 0.491 e. The number of ketones is 1. The van der Waals surface area contributed by atoms with Crippen molar-refractivity contribution in [3.05, 3.63) is 29.8 Å². The fourth-order valence-corrected chi connectivity index (χ4v) is 5.53. The molecule has 0 spiro atoms. The summed E-state index contributed by atoms with van der Waals surface area (Å²) < 4.78 is 51.2. The van der Waals surface area contributed by atoms with Crippen LogP contribution in [0.4, 0.5) is 13.2 Å². The van der Waals surface area contributed by atoms with Gasteiger partial charge < -0.3 is 14.2 Å². The number of carbonyl (C=O) groups excluding carboxylic acids is 4. The van der Waals surface area contributed by atoms with Crippen molar-refractivity contribution < 1.29 is 46.6 Å². The number of fused-ring (bicyclic) bond motifs is 1. The number of hydrogen-bond acceptors (Lipinski definition) is 7. The van der Waals surface area contributed by atoms with Crippen LogP contribution in [0.1, 0.15) is 16.8 Å². The van der Waals surface area contributed by atoms with E-state index < -0.39 is 48.3 Å². The molecule has 1 aromatic rings. The third kappa shape index (κ3) is 3.48. The number of halogens is 4. The Morgan fingerprint density at radius 3 is 2.43 bits per heavy atom. The zero-order valence-electron chi connectivity index (χ0n) is 15.1. The van der Waals surface area contributed by atoms with Crippen LogP contribution in [0.25, 0.3) is 0 Å². The van der Waals surface area contributed by atoms with Crippen molar-refractivity contribution in [2.45, 2.75) is 23.5 Å². The van der Waals surface area contributed by atoms with Crippen LogP contribution in [0.5, 0.6) is 5.75 Å². The summed E-state index contributed by atoms with van der Waals surface area (Å²) in [4.78, 5) is 47.5. The minimum absolute atomic E-state index is 0.0351. The van der Waals surface area contributed by atoms with Crippen molar-refractivity contribution in [2.24, 2.45) is 23.7 Å². The molecule has 11 heteroatoms. The van der Waals surface area contributed by atoms with E-state index in [9.17, 15) is 32.3 Å². The highest BCUT2D eigenvalue weighted by atomic mass is 79.9. The van der Waals surface area contributed by atoms with Crippen LogP contribution in [0.15, 0.2) is 24.3 Å². The Morgan fingerprint density at radius 2 is 1.80 bits per heavy atom. The monoisotopic (exact) mass is 490 g/mol. The summed E-state index contributed by atoms with van der Waals surface area (Å²) in [6, 6.07) is 4.36. The second-order valence-electron chi connectivity index (χ2n) is 7.40. The lowest BCUT2D eigenvalue weighted by molar-refractivity contribution is -0.189.